The van der Waals surface area contributed by atoms with Crippen molar-refractivity contribution in [2.24, 2.45) is 0 Å². The number of aryl methyl sites for hydroxylation is 1. The number of hydrogen-bond donors (Lipinski definition) is 1. The summed E-state index contributed by atoms with van der Waals surface area (Å²) in [4.78, 5) is 8.98. The van der Waals surface area contributed by atoms with Gasteiger partial charge in [-0.2, -0.15) is 0 Å². The molecule has 3 rings (SSSR count). The summed E-state index contributed by atoms with van der Waals surface area (Å²) in [6.45, 7) is 5.69. The molecule has 0 atom stereocenters. The van der Waals surface area contributed by atoms with E-state index in [9.17, 15) is 0 Å². The molecule has 1 aromatic heterocycles. The highest BCUT2D eigenvalue weighted by molar-refractivity contribution is 7.15. The van der Waals surface area contributed by atoms with Crippen LogP contribution in [0.5, 0.6) is 0 Å². The normalized spacial score (nSPS) is 20.1. The quantitative estimate of drug-likeness (QED) is 0.866. The Labute approximate surface area is 126 Å². The third-order valence-corrected chi connectivity index (χ3v) is 5.42. The van der Waals surface area contributed by atoms with Gasteiger partial charge in [0, 0.05) is 30.6 Å². The van der Waals surface area contributed by atoms with Gasteiger partial charge < -0.3 is 10.2 Å². The second-order valence-corrected chi connectivity index (χ2v) is 7.23. The minimum Gasteiger partial charge on any atom is -0.348 e. The van der Waals surface area contributed by atoms with Crippen LogP contribution in [0.1, 0.15) is 62.4 Å². The van der Waals surface area contributed by atoms with E-state index >= 15 is 0 Å². The lowest BCUT2D eigenvalue weighted by Crippen LogP contribution is -2.23. The van der Waals surface area contributed by atoms with Crippen LogP contribution in [0.15, 0.2) is 0 Å². The van der Waals surface area contributed by atoms with Crippen molar-refractivity contribution < 1.29 is 0 Å². The minimum atomic E-state index is 0.785. The zero-order valence-electron chi connectivity index (χ0n) is 12.7. The number of nitrogens with one attached hydrogen (secondary N) is 1. The Morgan fingerprint density at radius 3 is 2.60 bits per heavy atom. The second kappa shape index (κ2) is 6.90. The van der Waals surface area contributed by atoms with Gasteiger partial charge in [0.15, 0.2) is 5.13 Å². The predicted octanol–water partition coefficient (Wildman–Crippen LogP) is 3.73. The van der Waals surface area contributed by atoms with Gasteiger partial charge >= 0.3 is 0 Å². The fourth-order valence-electron chi connectivity index (χ4n) is 2.86. The van der Waals surface area contributed by atoms with Crippen molar-refractivity contribution in [3.05, 3.63) is 10.6 Å². The third kappa shape index (κ3) is 3.73. The molecular formula is C16H27N3S. The molecule has 0 aromatic carbocycles. The van der Waals surface area contributed by atoms with E-state index in [0.29, 0.717) is 0 Å². The topological polar surface area (TPSA) is 28.2 Å². The van der Waals surface area contributed by atoms with E-state index in [1.54, 1.807) is 0 Å². The molecule has 1 saturated heterocycles. The molecule has 0 spiro atoms. The molecule has 1 N–H and O–H groups in total. The van der Waals surface area contributed by atoms with E-state index < -0.39 is 0 Å². The summed E-state index contributed by atoms with van der Waals surface area (Å²) >= 11 is 1.94. The summed E-state index contributed by atoms with van der Waals surface area (Å²) in [5.74, 6) is 0. The van der Waals surface area contributed by atoms with Gasteiger partial charge in [-0.1, -0.05) is 26.2 Å². The molecular weight excluding hydrogens is 266 g/mol. The zero-order valence-corrected chi connectivity index (χ0v) is 13.5. The van der Waals surface area contributed by atoms with Crippen molar-refractivity contribution in [2.45, 2.75) is 70.9 Å². The van der Waals surface area contributed by atoms with E-state index in [4.69, 9.17) is 4.98 Å². The standard InChI is InChI=1S/C16H27N3S/c1-2-7-14-15(12-17-13-8-9-13)20-16(18-14)19-10-5-3-4-6-11-19/h13,17H,2-12H2,1H3. The largest absolute Gasteiger partial charge is 0.348 e. The van der Waals surface area contributed by atoms with Gasteiger partial charge in [0.25, 0.3) is 0 Å². The minimum absolute atomic E-state index is 0.785. The maximum atomic E-state index is 4.97. The van der Waals surface area contributed by atoms with E-state index in [1.165, 1.54) is 73.7 Å². The molecule has 0 bridgehead atoms. The first-order valence-corrected chi connectivity index (χ1v) is 9.15. The maximum Gasteiger partial charge on any atom is 0.185 e. The molecule has 1 aliphatic heterocycles. The Morgan fingerprint density at radius 2 is 1.95 bits per heavy atom. The molecule has 0 amide bonds. The van der Waals surface area contributed by atoms with Crippen LogP contribution >= 0.6 is 11.3 Å². The molecule has 4 heteroatoms. The number of rotatable bonds is 6. The smallest absolute Gasteiger partial charge is 0.185 e. The summed E-state index contributed by atoms with van der Waals surface area (Å²) in [5, 5.41) is 4.93. The average Bonchev–Trinajstić information content (AvgIpc) is 3.24. The van der Waals surface area contributed by atoms with Crippen molar-refractivity contribution in [2.75, 3.05) is 18.0 Å². The van der Waals surface area contributed by atoms with Crippen LogP contribution in [0, 0.1) is 0 Å². The van der Waals surface area contributed by atoms with E-state index in [1.807, 2.05) is 11.3 Å². The van der Waals surface area contributed by atoms with Crippen LogP contribution in [0.4, 0.5) is 5.13 Å². The third-order valence-electron chi connectivity index (χ3n) is 4.26. The van der Waals surface area contributed by atoms with Crippen LogP contribution in [0.2, 0.25) is 0 Å². The molecule has 20 heavy (non-hydrogen) atoms. The number of anilines is 1. The van der Waals surface area contributed by atoms with Crippen LogP contribution in [0.3, 0.4) is 0 Å². The highest BCUT2D eigenvalue weighted by Gasteiger charge is 2.22. The van der Waals surface area contributed by atoms with Crippen molar-refractivity contribution in [3.8, 4) is 0 Å². The molecule has 1 aliphatic carbocycles. The monoisotopic (exact) mass is 293 g/mol. The molecule has 0 radical (unpaired) electrons. The average molecular weight is 293 g/mol. The van der Waals surface area contributed by atoms with E-state index in [2.05, 4.69) is 17.1 Å². The van der Waals surface area contributed by atoms with Gasteiger partial charge in [-0.25, -0.2) is 4.98 Å². The Morgan fingerprint density at radius 1 is 1.20 bits per heavy atom. The van der Waals surface area contributed by atoms with Gasteiger partial charge in [0.1, 0.15) is 0 Å². The van der Waals surface area contributed by atoms with Crippen LogP contribution in [0.25, 0.3) is 0 Å². The summed E-state index contributed by atoms with van der Waals surface area (Å²) in [7, 11) is 0. The second-order valence-electron chi connectivity index (χ2n) is 6.17. The zero-order chi connectivity index (χ0) is 13.8. The molecule has 1 saturated carbocycles. The van der Waals surface area contributed by atoms with Gasteiger partial charge in [0.2, 0.25) is 0 Å². The molecule has 0 unspecified atom stereocenters. The number of thiazole rings is 1. The van der Waals surface area contributed by atoms with E-state index in [0.717, 1.165) is 19.0 Å². The van der Waals surface area contributed by atoms with Gasteiger partial charge in [-0.3, -0.25) is 0 Å². The molecule has 1 aromatic rings. The number of aromatic nitrogens is 1. The number of hydrogen-bond acceptors (Lipinski definition) is 4. The van der Waals surface area contributed by atoms with Crippen molar-refractivity contribution in [3.63, 3.8) is 0 Å². The molecule has 2 aliphatic rings. The molecule has 112 valence electrons. The number of nitrogens with zero attached hydrogens (tertiary/aromatic N) is 2. The van der Waals surface area contributed by atoms with Crippen LogP contribution in [-0.4, -0.2) is 24.1 Å². The summed E-state index contributed by atoms with van der Waals surface area (Å²) < 4.78 is 0. The van der Waals surface area contributed by atoms with Gasteiger partial charge in [-0.15, -0.1) is 11.3 Å². The lowest BCUT2D eigenvalue weighted by Gasteiger charge is -2.18. The van der Waals surface area contributed by atoms with Gasteiger partial charge in [-0.05, 0) is 32.1 Å². The Hall–Kier alpha value is -0.610. The first-order valence-electron chi connectivity index (χ1n) is 8.33. The summed E-state index contributed by atoms with van der Waals surface area (Å²) in [6, 6.07) is 0.785. The van der Waals surface area contributed by atoms with Crippen molar-refractivity contribution in [1.82, 2.24) is 10.3 Å². The fraction of sp³-hybridized carbons (Fsp3) is 0.812. The highest BCUT2D eigenvalue weighted by atomic mass is 32.1. The lowest BCUT2D eigenvalue weighted by molar-refractivity contribution is 0.686. The summed E-state index contributed by atoms with van der Waals surface area (Å²) in [6.07, 6.45) is 10.5. The van der Waals surface area contributed by atoms with Crippen LogP contribution < -0.4 is 10.2 Å². The molecule has 2 heterocycles. The maximum absolute atomic E-state index is 4.97. The molecule has 3 nitrogen and oxygen atoms in total. The van der Waals surface area contributed by atoms with E-state index in [-0.39, 0.29) is 0 Å². The first kappa shape index (κ1) is 14.3. The summed E-state index contributed by atoms with van der Waals surface area (Å²) in [5.41, 5.74) is 1.35. The molecule has 2 fully saturated rings. The SMILES string of the molecule is CCCc1nc(N2CCCCCC2)sc1CNC1CC1. The van der Waals surface area contributed by atoms with Crippen molar-refractivity contribution >= 4 is 16.5 Å². The van der Waals surface area contributed by atoms with Gasteiger partial charge in [0.05, 0.1) is 5.69 Å². The predicted molar refractivity (Wildman–Crippen MR) is 86.7 cm³/mol. The highest BCUT2D eigenvalue weighted by Crippen LogP contribution is 2.30. The van der Waals surface area contributed by atoms with Crippen molar-refractivity contribution in [1.29, 1.82) is 0 Å². The fourth-order valence-corrected chi connectivity index (χ4v) is 3.97. The Balaban J connectivity index is 1.70. The van der Waals surface area contributed by atoms with Crippen LogP contribution in [-0.2, 0) is 13.0 Å². The first-order chi connectivity index (χ1) is 9.86. The Kier molecular flexibility index (Phi) is 4.94. The Bertz CT molecular complexity index is 417. The lowest BCUT2D eigenvalue weighted by atomic mass is 10.2.